The van der Waals surface area contributed by atoms with E-state index in [-0.39, 0.29) is 17.7 Å². The van der Waals surface area contributed by atoms with Crippen LogP contribution in [0.2, 0.25) is 0 Å². The van der Waals surface area contributed by atoms with Crippen molar-refractivity contribution in [3.63, 3.8) is 0 Å². The zero-order valence-corrected chi connectivity index (χ0v) is 13.3. The maximum absolute atomic E-state index is 12.5. The molecule has 0 spiro atoms. The van der Waals surface area contributed by atoms with Crippen molar-refractivity contribution in [2.45, 2.75) is 50.6 Å². The summed E-state index contributed by atoms with van der Waals surface area (Å²) in [7, 11) is 0. The Labute approximate surface area is 137 Å². The van der Waals surface area contributed by atoms with Crippen LogP contribution in [0.5, 0.6) is 0 Å². The number of carbonyl (C=O) groups is 2. The van der Waals surface area contributed by atoms with Crippen LogP contribution >= 0.6 is 0 Å². The van der Waals surface area contributed by atoms with Crippen molar-refractivity contribution < 1.29 is 9.59 Å². The SMILES string of the molecule is O=C(N[C@@H](Cc1ccccc1)C(=O)NC1CC1)[C@@H]1CC=CCC1. The molecule has 0 aliphatic heterocycles. The Morgan fingerprint density at radius 1 is 1.09 bits per heavy atom. The number of hydrogen-bond donors (Lipinski definition) is 2. The molecule has 4 heteroatoms. The van der Waals surface area contributed by atoms with Gasteiger partial charge in [-0.2, -0.15) is 0 Å². The lowest BCUT2D eigenvalue weighted by Crippen LogP contribution is -2.50. The molecule has 3 rings (SSSR count). The van der Waals surface area contributed by atoms with Gasteiger partial charge in [-0.15, -0.1) is 0 Å². The molecule has 0 aromatic heterocycles. The van der Waals surface area contributed by atoms with Gasteiger partial charge in [0.05, 0.1) is 0 Å². The van der Waals surface area contributed by atoms with E-state index in [2.05, 4.69) is 22.8 Å². The van der Waals surface area contributed by atoms with E-state index in [1.807, 2.05) is 30.3 Å². The third kappa shape index (κ3) is 4.68. The molecule has 0 unspecified atom stereocenters. The van der Waals surface area contributed by atoms with Crippen molar-refractivity contribution in [3.8, 4) is 0 Å². The second kappa shape index (κ2) is 7.44. The summed E-state index contributed by atoms with van der Waals surface area (Å²) in [5.74, 6) is -0.0655. The molecule has 2 N–H and O–H groups in total. The van der Waals surface area contributed by atoms with Crippen LogP contribution in [0.15, 0.2) is 42.5 Å². The van der Waals surface area contributed by atoms with E-state index in [1.165, 1.54) is 0 Å². The highest BCUT2D eigenvalue weighted by Gasteiger charge is 2.30. The molecule has 1 saturated carbocycles. The van der Waals surface area contributed by atoms with Crippen molar-refractivity contribution in [1.82, 2.24) is 10.6 Å². The lowest BCUT2D eigenvalue weighted by molar-refractivity contribution is -0.131. The Hall–Kier alpha value is -2.10. The minimum Gasteiger partial charge on any atom is -0.352 e. The van der Waals surface area contributed by atoms with Crippen LogP contribution in [0.4, 0.5) is 0 Å². The van der Waals surface area contributed by atoms with Crippen molar-refractivity contribution in [2.75, 3.05) is 0 Å². The summed E-state index contributed by atoms with van der Waals surface area (Å²) in [6, 6.07) is 9.67. The first-order chi connectivity index (χ1) is 11.2. The summed E-state index contributed by atoms with van der Waals surface area (Å²) >= 11 is 0. The minimum absolute atomic E-state index is 0.00114. The third-order valence-electron chi connectivity index (χ3n) is 4.48. The van der Waals surface area contributed by atoms with Gasteiger partial charge in [0, 0.05) is 18.4 Å². The van der Waals surface area contributed by atoms with Crippen molar-refractivity contribution in [3.05, 3.63) is 48.0 Å². The highest BCUT2D eigenvalue weighted by atomic mass is 16.2. The number of rotatable bonds is 6. The molecule has 2 aliphatic rings. The fourth-order valence-corrected chi connectivity index (χ4v) is 2.91. The number of nitrogens with one attached hydrogen (secondary N) is 2. The Morgan fingerprint density at radius 2 is 1.87 bits per heavy atom. The standard InChI is InChI=1S/C19H24N2O2/c22-18(15-9-5-2-6-10-15)21-17(19(23)20-16-11-12-16)13-14-7-3-1-4-8-14/h1-5,7-8,15-17H,6,9-13H2,(H,20,23)(H,21,22)/t15-,17+/m1/s1. The maximum atomic E-state index is 12.5. The van der Waals surface area contributed by atoms with Gasteiger partial charge < -0.3 is 10.6 Å². The second-order valence-corrected chi connectivity index (χ2v) is 6.52. The van der Waals surface area contributed by atoms with Gasteiger partial charge >= 0.3 is 0 Å². The van der Waals surface area contributed by atoms with E-state index in [1.54, 1.807) is 0 Å². The molecule has 23 heavy (non-hydrogen) atoms. The van der Waals surface area contributed by atoms with E-state index >= 15 is 0 Å². The summed E-state index contributed by atoms with van der Waals surface area (Å²) in [5.41, 5.74) is 1.06. The second-order valence-electron chi connectivity index (χ2n) is 6.52. The quantitative estimate of drug-likeness (QED) is 0.792. The van der Waals surface area contributed by atoms with Crippen LogP contribution in [-0.2, 0) is 16.0 Å². The molecule has 1 aromatic carbocycles. The summed E-state index contributed by atoms with van der Waals surface area (Å²) < 4.78 is 0. The van der Waals surface area contributed by atoms with Crippen molar-refractivity contribution >= 4 is 11.8 Å². The molecule has 0 bridgehead atoms. The molecular formula is C19H24N2O2. The molecule has 0 saturated heterocycles. The number of benzene rings is 1. The average molecular weight is 312 g/mol. The fourth-order valence-electron chi connectivity index (χ4n) is 2.91. The lowest BCUT2D eigenvalue weighted by Gasteiger charge is -2.23. The zero-order valence-electron chi connectivity index (χ0n) is 13.3. The average Bonchev–Trinajstić information content (AvgIpc) is 3.40. The van der Waals surface area contributed by atoms with Gasteiger partial charge in [0.15, 0.2) is 0 Å². The topological polar surface area (TPSA) is 58.2 Å². The molecule has 2 atom stereocenters. The van der Waals surface area contributed by atoms with Gasteiger partial charge in [0.25, 0.3) is 0 Å². The van der Waals surface area contributed by atoms with Crippen LogP contribution < -0.4 is 10.6 Å². The monoisotopic (exact) mass is 312 g/mol. The fraction of sp³-hybridized carbons (Fsp3) is 0.474. The first-order valence-corrected chi connectivity index (χ1v) is 8.52. The maximum Gasteiger partial charge on any atom is 0.243 e. The molecule has 1 fully saturated rings. The van der Waals surface area contributed by atoms with Crippen LogP contribution in [0.25, 0.3) is 0 Å². The van der Waals surface area contributed by atoms with E-state index in [9.17, 15) is 9.59 Å². The van der Waals surface area contributed by atoms with E-state index < -0.39 is 6.04 Å². The number of carbonyl (C=O) groups excluding carboxylic acids is 2. The van der Waals surface area contributed by atoms with Crippen LogP contribution in [0, 0.1) is 5.92 Å². The molecule has 1 aromatic rings. The third-order valence-corrected chi connectivity index (χ3v) is 4.48. The highest BCUT2D eigenvalue weighted by Crippen LogP contribution is 2.20. The lowest BCUT2D eigenvalue weighted by atomic mass is 9.93. The smallest absolute Gasteiger partial charge is 0.243 e. The largest absolute Gasteiger partial charge is 0.352 e. The van der Waals surface area contributed by atoms with Crippen LogP contribution in [0.3, 0.4) is 0 Å². The van der Waals surface area contributed by atoms with Gasteiger partial charge in [-0.3, -0.25) is 9.59 Å². The van der Waals surface area contributed by atoms with Crippen LogP contribution in [0.1, 0.15) is 37.7 Å². The first-order valence-electron chi connectivity index (χ1n) is 8.52. The molecule has 2 amide bonds. The molecular weight excluding hydrogens is 288 g/mol. The van der Waals surface area contributed by atoms with Gasteiger partial charge in [-0.1, -0.05) is 42.5 Å². The molecule has 0 radical (unpaired) electrons. The highest BCUT2D eigenvalue weighted by molar-refractivity contribution is 5.89. The number of amides is 2. The predicted molar refractivity (Wildman–Crippen MR) is 89.7 cm³/mol. The number of hydrogen-bond acceptors (Lipinski definition) is 2. The Morgan fingerprint density at radius 3 is 2.52 bits per heavy atom. The van der Waals surface area contributed by atoms with Crippen molar-refractivity contribution in [2.24, 2.45) is 5.92 Å². The van der Waals surface area contributed by atoms with Crippen LogP contribution in [-0.4, -0.2) is 23.9 Å². The Kier molecular flexibility index (Phi) is 5.11. The van der Waals surface area contributed by atoms with Gasteiger partial charge in [0.2, 0.25) is 11.8 Å². The van der Waals surface area contributed by atoms with Gasteiger partial charge in [0.1, 0.15) is 6.04 Å². The first kappa shape index (κ1) is 15.8. The van der Waals surface area contributed by atoms with Gasteiger partial charge in [-0.05, 0) is 37.7 Å². The van der Waals surface area contributed by atoms with E-state index in [0.717, 1.165) is 37.7 Å². The summed E-state index contributed by atoms with van der Waals surface area (Å²) in [4.78, 5) is 25.0. The summed E-state index contributed by atoms with van der Waals surface area (Å²) in [6.45, 7) is 0. The van der Waals surface area contributed by atoms with E-state index in [4.69, 9.17) is 0 Å². The predicted octanol–water partition coefficient (Wildman–Crippen LogP) is 2.35. The molecule has 0 heterocycles. The number of allylic oxidation sites excluding steroid dienone is 2. The van der Waals surface area contributed by atoms with E-state index in [0.29, 0.717) is 12.5 Å². The summed E-state index contributed by atoms with van der Waals surface area (Å²) in [5, 5.41) is 6.00. The Balaban J connectivity index is 1.64. The van der Waals surface area contributed by atoms with Gasteiger partial charge in [-0.25, -0.2) is 0 Å². The normalized spacial score (nSPS) is 21.5. The minimum atomic E-state index is -0.489. The summed E-state index contributed by atoms with van der Waals surface area (Å²) in [6.07, 6.45) is 9.38. The zero-order chi connectivity index (χ0) is 16.1. The molecule has 2 aliphatic carbocycles. The Bertz CT molecular complexity index is 578. The van der Waals surface area contributed by atoms with Crippen molar-refractivity contribution in [1.29, 1.82) is 0 Å². The molecule has 4 nitrogen and oxygen atoms in total. The molecule has 122 valence electrons.